The normalized spacial score (nSPS) is 13.0. The lowest BCUT2D eigenvalue weighted by Crippen LogP contribution is -2.59. The summed E-state index contributed by atoms with van der Waals surface area (Å²) in [4.78, 5) is 56.6. The number of esters is 2. The van der Waals surface area contributed by atoms with Crippen LogP contribution in [0.5, 0.6) is 5.75 Å². The Morgan fingerprint density at radius 1 is 0.776 bits per heavy atom. The Balaban J connectivity index is 1.67. The Kier molecular flexibility index (Phi) is 10.4. The van der Waals surface area contributed by atoms with E-state index < -0.39 is 47.1 Å². The molecule has 0 aliphatic carbocycles. The molecule has 0 bridgehead atoms. The number of anilines is 1. The molecule has 0 saturated heterocycles. The quantitative estimate of drug-likeness (QED) is 0.0581. The number of hydrogen-bond acceptors (Lipinski definition) is 9. The summed E-state index contributed by atoms with van der Waals surface area (Å²) in [7, 11) is 0. The van der Waals surface area contributed by atoms with Crippen molar-refractivity contribution >= 4 is 29.6 Å². The summed E-state index contributed by atoms with van der Waals surface area (Å²) < 4.78 is 62.0. The van der Waals surface area contributed by atoms with E-state index >= 15 is 0 Å². The number of rotatable bonds is 11. The van der Waals surface area contributed by atoms with Crippen LogP contribution in [0.1, 0.15) is 40.9 Å². The molecule has 9 nitrogen and oxygen atoms in total. The maximum Gasteiger partial charge on any atom is 0.514 e. The van der Waals surface area contributed by atoms with E-state index in [1.807, 2.05) is 0 Å². The van der Waals surface area contributed by atoms with Crippen LogP contribution in [-0.4, -0.2) is 49.7 Å². The summed E-state index contributed by atoms with van der Waals surface area (Å²) >= 11 is 0. The van der Waals surface area contributed by atoms with E-state index in [1.165, 1.54) is 74.5 Å². The SMILES string of the molecule is CCOC(=O)C(C(=O)OCC)(c1ccccc1)C(OC(=O)Oc1ccc2c(c1)CCN2)C(=O)c1ccccc1-c1ccc(C(F)(F)F)cc1. The van der Waals surface area contributed by atoms with Gasteiger partial charge in [-0.25, -0.2) is 4.79 Å². The highest BCUT2D eigenvalue weighted by atomic mass is 19.4. The molecule has 0 radical (unpaired) electrons. The van der Waals surface area contributed by atoms with Crippen molar-refractivity contribution in [3.05, 3.63) is 119 Å². The van der Waals surface area contributed by atoms with Crippen LogP contribution in [0, 0.1) is 0 Å². The van der Waals surface area contributed by atoms with Gasteiger partial charge in [-0.05, 0) is 72.9 Å². The average Bonchev–Trinajstić information content (AvgIpc) is 3.56. The van der Waals surface area contributed by atoms with Crippen LogP contribution >= 0.6 is 0 Å². The topological polar surface area (TPSA) is 117 Å². The first kappa shape index (κ1) is 34.7. The number of alkyl halides is 3. The van der Waals surface area contributed by atoms with Crippen molar-refractivity contribution in [1.29, 1.82) is 0 Å². The zero-order chi connectivity index (χ0) is 35.2. The third-order valence-electron chi connectivity index (χ3n) is 7.97. The fourth-order valence-electron chi connectivity index (χ4n) is 5.70. The lowest BCUT2D eigenvalue weighted by Gasteiger charge is -2.35. The largest absolute Gasteiger partial charge is 0.514 e. The van der Waals surface area contributed by atoms with Gasteiger partial charge < -0.3 is 24.3 Å². The smallest absolute Gasteiger partial charge is 0.465 e. The van der Waals surface area contributed by atoms with E-state index in [-0.39, 0.29) is 41.2 Å². The van der Waals surface area contributed by atoms with Crippen molar-refractivity contribution in [3.8, 4) is 16.9 Å². The van der Waals surface area contributed by atoms with Crippen molar-refractivity contribution in [3.63, 3.8) is 0 Å². The molecule has 12 heteroatoms. The van der Waals surface area contributed by atoms with Gasteiger partial charge in [-0.2, -0.15) is 13.2 Å². The number of benzene rings is 4. The molecular weight excluding hydrogens is 643 g/mol. The predicted octanol–water partition coefficient (Wildman–Crippen LogP) is 7.17. The number of carbonyl (C=O) groups excluding carboxylic acids is 4. The second kappa shape index (κ2) is 14.6. The van der Waals surface area contributed by atoms with Gasteiger partial charge in [-0.15, -0.1) is 0 Å². The molecule has 254 valence electrons. The standard InChI is InChI=1S/C37H32F3NO8/c1-3-46-33(43)36(34(44)47-4-2,25-10-6-5-7-11-25)32(49-35(45)48-27-18-19-30-24(22-27)20-21-41-30)31(42)29-13-9-8-12-28(29)23-14-16-26(17-15-23)37(38,39)40/h5-19,22,32,41H,3-4,20-21H2,1-2H3. The van der Waals surface area contributed by atoms with Gasteiger partial charge >= 0.3 is 24.3 Å². The number of ether oxygens (including phenoxy) is 4. The highest BCUT2D eigenvalue weighted by Gasteiger charge is 2.62. The van der Waals surface area contributed by atoms with Gasteiger partial charge in [0.05, 0.1) is 18.8 Å². The maximum atomic E-state index is 14.8. The van der Waals surface area contributed by atoms with Crippen molar-refractivity contribution in [2.24, 2.45) is 0 Å². The molecule has 4 aromatic rings. The summed E-state index contributed by atoms with van der Waals surface area (Å²) in [6.45, 7) is 3.24. The molecule has 0 spiro atoms. The molecule has 1 atom stereocenters. The van der Waals surface area contributed by atoms with Crippen molar-refractivity contribution in [2.75, 3.05) is 25.1 Å². The van der Waals surface area contributed by atoms with Gasteiger partial charge in [0.15, 0.2) is 6.10 Å². The fraction of sp³-hybridized carbons (Fsp3) is 0.243. The van der Waals surface area contributed by atoms with Crippen molar-refractivity contribution in [1.82, 2.24) is 0 Å². The molecule has 5 rings (SSSR count). The van der Waals surface area contributed by atoms with E-state index in [0.29, 0.717) is 13.0 Å². The third kappa shape index (κ3) is 7.13. The maximum absolute atomic E-state index is 14.8. The highest BCUT2D eigenvalue weighted by Crippen LogP contribution is 2.39. The van der Waals surface area contributed by atoms with Gasteiger partial charge in [-0.1, -0.05) is 66.7 Å². The highest BCUT2D eigenvalue weighted by molar-refractivity contribution is 6.17. The van der Waals surface area contributed by atoms with Gasteiger partial charge in [0, 0.05) is 17.8 Å². The van der Waals surface area contributed by atoms with E-state index in [0.717, 1.165) is 23.4 Å². The van der Waals surface area contributed by atoms with Gasteiger partial charge in [0.2, 0.25) is 11.2 Å². The lowest BCUT2D eigenvalue weighted by molar-refractivity contribution is -0.170. The van der Waals surface area contributed by atoms with Crippen LogP contribution < -0.4 is 10.1 Å². The van der Waals surface area contributed by atoms with Gasteiger partial charge in [-0.3, -0.25) is 14.4 Å². The number of hydrogen-bond donors (Lipinski definition) is 1. The van der Waals surface area contributed by atoms with Crippen LogP contribution in [-0.2, 0) is 41.8 Å². The monoisotopic (exact) mass is 675 g/mol. The van der Waals surface area contributed by atoms with Crippen LogP contribution in [0.4, 0.5) is 23.7 Å². The average molecular weight is 676 g/mol. The molecule has 1 unspecified atom stereocenters. The number of halogens is 3. The van der Waals surface area contributed by atoms with Crippen LogP contribution in [0.2, 0.25) is 0 Å². The Morgan fingerprint density at radius 3 is 2.04 bits per heavy atom. The second-order valence-electron chi connectivity index (χ2n) is 10.9. The second-order valence-corrected chi connectivity index (χ2v) is 10.9. The van der Waals surface area contributed by atoms with E-state index in [2.05, 4.69) is 5.32 Å². The molecule has 4 aromatic carbocycles. The van der Waals surface area contributed by atoms with Crippen molar-refractivity contribution < 1.29 is 51.3 Å². The number of fused-ring (bicyclic) bond motifs is 1. The summed E-state index contributed by atoms with van der Waals surface area (Å²) in [6, 6.07) is 22.2. The zero-order valence-corrected chi connectivity index (χ0v) is 26.5. The summed E-state index contributed by atoms with van der Waals surface area (Å²) in [5.74, 6) is -3.43. The Labute approximate surface area is 279 Å². The molecule has 1 aliphatic heterocycles. The van der Waals surface area contributed by atoms with Crippen LogP contribution in [0.25, 0.3) is 11.1 Å². The molecule has 0 aromatic heterocycles. The van der Waals surface area contributed by atoms with Crippen molar-refractivity contribution in [2.45, 2.75) is 38.0 Å². The minimum atomic E-state index is -4.60. The number of Topliss-reactive ketones (excluding diaryl/α,β-unsaturated/α-hetero) is 1. The molecule has 1 aliphatic rings. The summed E-state index contributed by atoms with van der Waals surface area (Å²) in [6.07, 6.45) is -7.61. The third-order valence-corrected chi connectivity index (χ3v) is 7.97. The lowest BCUT2D eigenvalue weighted by atomic mass is 9.72. The van der Waals surface area contributed by atoms with Gasteiger partial charge in [0.25, 0.3) is 0 Å². The first-order valence-electron chi connectivity index (χ1n) is 15.5. The first-order chi connectivity index (χ1) is 23.5. The number of ketones is 1. The van der Waals surface area contributed by atoms with E-state index in [4.69, 9.17) is 18.9 Å². The van der Waals surface area contributed by atoms with E-state index in [1.54, 1.807) is 24.3 Å². The van der Waals surface area contributed by atoms with Gasteiger partial charge in [0.1, 0.15) is 5.75 Å². The molecule has 0 amide bonds. The van der Waals surface area contributed by atoms with E-state index in [9.17, 15) is 32.3 Å². The predicted molar refractivity (Wildman–Crippen MR) is 172 cm³/mol. The Morgan fingerprint density at radius 2 is 1.41 bits per heavy atom. The fourth-order valence-corrected chi connectivity index (χ4v) is 5.70. The zero-order valence-electron chi connectivity index (χ0n) is 26.5. The summed E-state index contributed by atoms with van der Waals surface area (Å²) in [5.41, 5.74) is -1.75. The minimum absolute atomic E-state index is 0.0753. The molecule has 0 saturated carbocycles. The van der Waals surface area contributed by atoms with Crippen LogP contribution in [0.3, 0.4) is 0 Å². The minimum Gasteiger partial charge on any atom is -0.465 e. The molecule has 0 fully saturated rings. The Bertz CT molecular complexity index is 1820. The molecule has 1 heterocycles. The number of nitrogens with one attached hydrogen (secondary N) is 1. The summed E-state index contributed by atoms with van der Waals surface area (Å²) in [5, 5.41) is 3.19. The first-order valence-corrected chi connectivity index (χ1v) is 15.5. The van der Waals surface area contributed by atoms with Crippen LogP contribution in [0.15, 0.2) is 97.1 Å². The Hall–Kier alpha value is -5.65. The molecule has 1 N–H and O–H groups in total. The number of carbonyl (C=O) groups is 4. The molecule has 49 heavy (non-hydrogen) atoms. The molecular formula is C37H32F3NO8.